The van der Waals surface area contributed by atoms with Crippen LogP contribution in [0, 0.1) is 0 Å². The zero-order valence-electron chi connectivity index (χ0n) is 8.99. The summed E-state index contributed by atoms with van der Waals surface area (Å²) in [4.78, 5) is 11.1. The number of carboxylic acids is 1. The van der Waals surface area contributed by atoms with Crippen molar-refractivity contribution in [3.05, 3.63) is 34.9 Å². The molecule has 0 aromatic heterocycles. The molecule has 80 valence electrons. The van der Waals surface area contributed by atoms with E-state index in [4.69, 9.17) is 5.11 Å². The highest BCUT2D eigenvalue weighted by atomic mass is 16.4. The number of hydrogen-bond acceptors (Lipinski definition) is 1. The Labute approximate surface area is 89.9 Å². The molecule has 2 nitrogen and oxygen atoms in total. The first-order valence-electron chi connectivity index (χ1n) is 5.57. The molecule has 2 rings (SSSR count). The molecule has 1 aromatic rings. The number of hydrogen-bond donors (Lipinski definition) is 1. The third-order valence-corrected chi connectivity index (χ3v) is 3.23. The lowest BCUT2D eigenvalue weighted by molar-refractivity contribution is -0.139. The maximum Gasteiger partial charge on any atom is 0.310 e. The lowest BCUT2D eigenvalue weighted by Crippen LogP contribution is -2.18. The standard InChI is InChI=1S/C13H16O2/c1-2-9-6-7-10-4-3-5-11(13(14)15)12(10)8-9/h6-8,11H,2-5H2,1H3,(H,14,15). The molecule has 15 heavy (non-hydrogen) atoms. The number of carboxylic acid groups (broad SMARTS) is 1. The van der Waals surface area contributed by atoms with Gasteiger partial charge in [0.25, 0.3) is 0 Å². The van der Waals surface area contributed by atoms with Crippen LogP contribution in [0.3, 0.4) is 0 Å². The van der Waals surface area contributed by atoms with Crippen LogP contribution in [-0.4, -0.2) is 11.1 Å². The topological polar surface area (TPSA) is 37.3 Å². The van der Waals surface area contributed by atoms with Gasteiger partial charge in [0.15, 0.2) is 0 Å². The Kier molecular flexibility index (Phi) is 2.76. The Morgan fingerprint density at radius 3 is 3.00 bits per heavy atom. The van der Waals surface area contributed by atoms with Crippen molar-refractivity contribution in [3.63, 3.8) is 0 Å². The molecule has 0 heterocycles. The first kappa shape index (κ1) is 10.2. The fourth-order valence-electron chi connectivity index (χ4n) is 2.33. The summed E-state index contributed by atoms with van der Waals surface area (Å²) in [5, 5.41) is 9.15. The van der Waals surface area contributed by atoms with Crippen molar-refractivity contribution in [2.75, 3.05) is 0 Å². The summed E-state index contributed by atoms with van der Waals surface area (Å²) in [5.41, 5.74) is 3.51. The monoisotopic (exact) mass is 204 g/mol. The summed E-state index contributed by atoms with van der Waals surface area (Å²) < 4.78 is 0. The Morgan fingerprint density at radius 1 is 1.53 bits per heavy atom. The molecule has 0 radical (unpaired) electrons. The largest absolute Gasteiger partial charge is 0.481 e. The fourth-order valence-corrected chi connectivity index (χ4v) is 2.33. The van der Waals surface area contributed by atoms with Crippen LogP contribution in [0.2, 0.25) is 0 Å². The molecule has 1 aromatic carbocycles. The summed E-state index contributed by atoms with van der Waals surface area (Å²) >= 11 is 0. The average molecular weight is 204 g/mol. The van der Waals surface area contributed by atoms with E-state index in [1.807, 2.05) is 0 Å². The molecule has 0 aliphatic heterocycles. The summed E-state index contributed by atoms with van der Waals surface area (Å²) in [6.45, 7) is 2.10. The van der Waals surface area contributed by atoms with Gasteiger partial charge in [-0.15, -0.1) is 0 Å². The van der Waals surface area contributed by atoms with Crippen LogP contribution in [0.4, 0.5) is 0 Å². The number of carbonyl (C=O) groups is 1. The summed E-state index contributed by atoms with van der Waals surface area (Å²) in [6.07, 6.45) is 3.79. The molecular weight excluding hydrogens is 188 g/mol. The second-order valence-corrected chi connectivity index (χ2v) is 4.17. The molecule has 1 atom stereocenters. The van der Waals surface area contributed by atoms with Crippen molar-refractivity contribution in [3.8, 4) is 0 Å². The minimum atomic E-state index is -0.677. The van der Waals surface area contributed by atoms with E-state index in [1.165, 1.54) is 11.1 Å². The van der Waals surface area contributed by atoms with Crippen molar-refractivity contribution in [1.29, 1.82) is 0 Å². The molecule has 1 aliphatic rings. The summed E-state index contributed by atoms with van der Waals surface area (Å²) in [5.74, 6) is -0.954. The quantitative estimate of drug-likeness (QED) is 0.804. The van der Waals surface area contributed by atoms with Crippen molar-refractivity contribution in [2.45, 2.75) is 38.5 Å². The molecule has 0 fully saturated rings. The molecular formula is C13H16O2. The third-order valence-electron chi connectivity index (χ3n) is 3.23. The molecule has 2 heteroatoms. The van der Waals surface area contributed by atoms with E-state index in [0.29, 0.717) is 0 Å². The van der Waals surface area contributed by atoms with Gasteiger partial charge in [-0.3, -0.25) is 4.79 Å². The lowest BCUT2D eigenvalue weighted by atomic mass is 9.82. The Hall–Kier alpha value is -1.31. The molecule has 0 saturated carbocycles. The Bertz CT molecular complexity index is 382. The van der Waals surface area contributed by atoms with Crippen LogP contribution in [0.5, 0.6) is 0 Å². The van der Waals surface area contributed by atoms with Crippen molar-refractivity contribution >= 4 is 5.97 Å². The number of benzene rings is 1. The Morgan fingerprint density at radius 2 is 2.33 bits per heavy atom. The lowest BCUT2D eigenvalue weighted by Gasteiger charge is -2.22. The SMILES string of the molecule is CCc1ccc2c(c1)C(C(=O)O)CCC2. The second-order valence-electron chi connectivity index (χ2n) is 4.17. The normalized spacial score (nSPS) is 19.7. The van der Waals surface area contributed by atoms with Crippen LogP contribution in [0.15, 0.2) is 18.2 Å². The molecule has 1 N–H and O–H groups in total. The second kappa shape index (κ2) is 4.05. The van der Waals surface area contributed by atoms with Gasteiger partial charge in [0, 0.05) is 0 Å². The number of aliphatic carboxylic acids is 1. The predicted octanol–water partition coefficient (Wildman–Crippen LogP) is 2.75. The van der Waals surface area contributed by atoms with E-state index in [9.17, 15) is 4.79 Å². The number of aryl methyl sites for hydroxylation is 2. The van der Waals surface area contributed by atoms with Crippen molar-refractivity contribution < 1.29 is 9.90 Å². The van der Waals surface area contributed by atoms with Crippen LogP contribution >= 0.6 is 0 Å². The van der Waals surface area contributed by atoms with E-state index in [0.717, 1.165) is 31.2 Å². The minimum Gasteiger partial charge on any atom is -0.481 e. The zero-order chi connectivity index (χ0) is 10.8. The first-order chi connectivity index (χ1) is 7.22. The maximum atomic E-state index is 11.1. The van der Waals surface area contributed by atoms with Gasteiger partial charge < -0.3 is 5.11 Å². The van der Waals surface area contributed by atoms with E-state index in [-0.39, 0.29) is 5.92 Å². The van der Waals surface area contributed by atoms with Gasteiger partial charge in [-0.25, -0.2) is 0 Å². The smallest absolute Gasteiger partial charge is 0.310 e. The highest BCUT2D eigenvalue weighted by Crippen LogP contribution is 2.32. The van der Waals surface area contributed by atoms with Crippen LogP contribution in [-0.2, 0) is 17.6 Å². The fraction of sp³-hybridized carbons (Fsp3) is 0.462. The third kappa shape index (κ3) is 1.89. The summed E-state index contributed by atoms with van der Waals surface area (Å²) in [6, 6.07) is 6.29. The van der Waals surface area contributed by atoms with Gasteiger partial charge in [-0.05, 0) is 42.4 Å². The Balaban J connectivity index is 2.43. The molecule has 0 amide bonds. The highest BCUT2D eigenvalue weighted by Gasteiger charge is 2.25. The predicted molar refractivity (Wildman–Crippen MR) is 59.1 cm³/mol. The van der Waals surface area contributed by atoms with Gasteiger partial charge in [-0.2, -0.15) is 0 Å². The van der Waals surface area contributed by atoms with Gasteiger partial charge in [-0.1, -0.05) is 25.1 Å². The van der Waals surface area contributed by atoms with Crippen LogP contribution in [0.1, 0.15) is 42.4 Å². The van der Waals surface area contributed by atoms with E-state index < -0.39 is 5.97 Å². The first-order valence-corrected chi connectivity index (χ1v) is 5.57. The number of rotatable bonds is 2. The van der Waals surface area contributed by atoms with Crippen molar-refractivity contribution in [1.82, 2.24) is 0 Å². The van der Waals surface area contributed by atoms with E-state index >= 15 is 0 Å². The van der Waals surface area contributed by atoms with Gasteiger partial charge in [0.2, 0.25) is 0 Å². The number of fused-ring (bicyclic) bond motifs is 1. The highest BCUT2D eigenvalue weighted by molar-refractivity contribution is 5.77. The maximum absolute atomic E-state index is 11.1. The molecule has 0 saturated heterocycles. The van der Waals surface area contributed by atoms with Gasteiger partial charge >= 0.3 is 5.97 Å². The van der Waals surface area contributed by atoms with Gasteiger partial charge in [0.1, 0.15) is 0 Å². The van der Waals surface area contributed by atoms with Gasteiger partial charge in [0.05, 0.1) is 5.92 Å². The zero-order valence-corrected chi connectivity index (χ0v) is 8.99. The molecule has 0 bridgehead atoms. The van der Waals surface area contributed by atoms with Crippen molar-refractivity contribution in [2.24, 2.45) is 0 Å². The van der Waals surface area contributed by atoms with E-state index in [2.05, 4.69) is 25.1 Å². The average Bonchev–Trinajstić information content (AvgIpc) is 2.27. The van der Waals surface area contributed by atoms with E-state index in [1.54, 1.807) is 0 Å². The molecule has 1 aliphatic carbocycles. The molecule has 0 spiro atoms. The minimum absolute atomic E-state index is 0.278. The van der Waals surface area contributed by atoms with Crippen LogP contribution in [0.25, 0.3) is 0 Å². The summed E-state index contributed by atoms with van der Waals surface area (Å²) in [7, 11) is 0. The molecule has 1 unspecified atom stereocenters. The van der Waals surface area contributed by atoms with Crippen LogP contribution < -0.4 is 0 Å².